The van der Waals surface area contributed by atoms with Crippen LogP contribution < -0.4 is 15.4 Å². The first-order valence-electron chi connectivity index (χ1n) is 5.63. The van der Waals surface area contributed by atoms with E-state index in [1.165, 1.54) is 24.6 Å². The molecule has 0 aliphatic rings. The first kappa shape index (κ1) is 13.3. The highest BCUT2D eigenvalue weighted by Gasteiger charge is 2.04. The van der Waals surface area contributed by atoms with Gasteiger partial charge in [-0.15, -0.1) is 11.3 Å². The Bertz CT molecular complexity index is 553. The summed E-state index contributed by atoms with van der Waals surface area (Å²) in [6, 6.07) is 3.11. The van der Waals surface area contributed by atoms with Crippen LogP contribution >= 0.6 is 11.3 Å². The van der Waals surface area contributed by atoms with Gasteiger partial charge in [0.2, 0.25) is 5.88 Å². The molecular weight excluding hydrogens is 264 g/mol. The number of anilines is 1. The lowest BCUT2D eigenvalue weighted by Crippen LogP contribution is -2.28. The second-order valence-corrected chi connectivity index (χ2v) is 4.72. The Morgan fingerprint density at radius 1 is 1.47 bits per heavy atom. The number of nitrogens with one attached hydrogen (secondary N) is 2. The Balaban J connectivity index is 1.83. The molecule has 0 radical (unpaired) electrons. The van der Waals surface area contributed by atoms with Gasteiger partial charge in [-0.05, 0) is 13.0 Å². The molecule has 0 spiro atoms. The summed E-state index contributed by atoms with van der Waals surface area (Å²) < 4.78 is 4.94. The van der Waals surface area contributed by atoms with Crippen molar-refractivity contribution >= 4 is 23.1 Å². The van der Waals surface area contributed by atoms with Gasteiger partial charge in [-0.3, -0.25) is 0 Å². The molecule has 2 amide bonds. The zero-order chi connectivity index (χ0) is 13.7. The van der Waals surface area contributed by atoms with Crippen molar-refractivity contribution in [1.29, 1.82) is 0 Å². The van der Waals surface area contributed by atoms with Gasteiger partial charge in [0, 0.05) is 17.1 Å². The van der Waals surface area contributed by atoms with E-state index in [-0.39, 0.29) is 6.03 Å². The SMILES string of the molecule is COc1ccc(NC(=O)NCc2nc(C)cs2)cn1. The standard InChI is InChI=1S/C12H14N4O2S/c1-8-7-19-11(15-8)6-14-12(17)16-9-3-4-10(18-2)13-5-9/h3-5,7H,6H2,1-2H3,(H2,14,16,17). The van der Waals surface area contributed by atoms with Gasteiger partial charge in [-0.25, -0.2) is 14.8 Å². The van der Waals surface area contributed by atoms with Crippen LogP contribution in [0.2, 0.25) is 0 Å². The number of carbonyl (C=O) groups excluding carboxylic acids is 1. The Kier molecular flexibility index (Phi) is 4.30. The van der Waals surface area contributed by atoms with Gasteiger partial charge in [0.05, 0.1) is 25.5 Å². The monoisotopic (exact) mass is 278 g/mol. The van der Waals surface area contributed by atoms with E-state index in [9.17, 15) is 4.79 Å². The topological polar surface area (TPSA) is 76.1 Å². The Hall–Kier alpha value is -2.15. The fraction of sp³-hybridized carbons (Fsp3) is 0.250. The molecule has 0 fully saturated rings. The highest BCUT2D eigenvalue weighted by Crippen LogP contribution is 2.11. The van der Waals surface area contributed by atoms with Crippen LogP contribution in [0.25, 0.3) is 0 Å². The lowest BCUT2D eigenvalue weighted by molar-refractivity contribution is 0.251. The van der Waals surface area contributed by atoms with Crippen molar-refractivity contribution in [2.75, 3.05) is 12.4 Å². The molecule has 2 rings (SSSR count). The molecule has 2 aromatic heterocycles. The average molecular weight is 278 g/mol. The second-order valence-electron chi connectivity index (χ2n) is 3.78. The number of urea groups is 1. The van der Waals surface area contributed by atoms with Gasteiger partial charge in [0.1, 0.15) is 5.01 Å². The van der Waals surface area contributed by atoms with Crippen molar-refractivity contribution in [2.45, 2.75) is 13.5 Å². The molecule has 0 unspecified atom stereocenters. The highest BCUT2D eigenvalue weighted by molar-refractivity contribution is 7.09. The smallest absolute Gasteiger partial charge is 0.319 e. The molecule has 6 nitrogen and oxygen atoms in total. The summed E-state index contributed by atoms with van der Waals surface area (Å²) >= 11 is 1.52. The van der Waals surface area contributed by atoms with Crippen molar-refractivity contribution < 1.29 is 9.53 Å². The summed E-state index contributed by atoms with van der Waals surface area (Å²) in [7, 11) is 1.54. The van der Waals surface area contributed by atoms with Crippen LogP contribution in [0, 0.1) is 6.92 Å². The number of aromatic nitrogens is 2. The first-order valence-corrected chi connectivity index (χ1v) is 6.51. The minimum Gasteiger partial charge on any atom is -0.481 e. The fourth-order valence-electron chi connectivity index (χ4n) is 1.39. The number of ether oxygens (including phenoxy) is 1. The third-order valence-electron chi connectivity index (χ3n) is 2.27. The van der Waals surface area contributed by atoms with Crippen LogP contribution in [0.1, 0.15) is 10.7 Å². The quantitative estimate of drug-likeness (QED) is 0.898. The van der Waals surface area contributed by atoms with Gasteiger partial charge >= 0.3 is 6.03 Å². The van der Waals surface area contributed by atoms with Crippen LogP contribution in [0.4, 0.5) is 10.5 Å². The number of nitrogens with zero attached hydrogens (tertiary/aromatic N) is 2. The van der Waals surface area contributed by atoms with Crippen molar-refractivity contribution in [3.63, 3.8) is 0 Å². The van der Waals surface area contributed by atoms with Gasteiger partial charge < -0.3 is 15.4 Å². The molecule has 19 heavy (non-hydrogen) atoms. The maximum absolute atomic E-state index is 11.6. The average Bonchev–Trinajstić information content (AvgIpc) is 2.83. The summed E-state index contributed by atoms with van der Waals surface area (Å²) in [5.74, 6) is 0.504. The molecule has 0 aliphatic carbocycles. The largest absolute Gasteiger partial charge is 0.481 e. The molecule has 7 heteroatoms. The van der Waals surface area contributed by atoms with Crippen LogP contribution in [-0.4, -0.2) is 23.1 Å². The van der Waals surface area contributed by atoms with Crippen LogP contribution in [-0.2, 0) is 6.54 Å². The summed E-state index contributed by atoms with van der Waals surface area (Å²) in [5.41, 5.74) is 1.56. The molecule has 0 aliphatic heterocycles. The number of aryl methyl sites for hydroxylation is 1. The fourth-order valence-corrected chi connectivity index (χ4v) is 2.10. The normalized spacial score (nSPS) is 10.0. The summed E-state index contributed by atoms with van der Waals surface area (Å²) in [6.07, 6.45) is 1.53. The number of pyridine rings is 1. The van der Waals surface area contributed by atoms with Gasteiger partial charge in [0.25, 0.3) is 0 Å². The van der Waals surface area contributed by atoms with E-state index in [1.54, 1.807) is 12.1 Å². The minimum absolute atomic E-state index is 0.292. The van der Waals surface area contributed by atoms with Crippen molar-refractivity contribution in [3.05, 3.63) is 34.4 Å². The van der Waals surface area contributed by atoms with E-state index >= 15 is 0 Å². The number of thiazole rings is 1. The molecule has 0 bridgehead atoms. The molecule has 100 valence electrons. The van der Waals surface area contributed by atoms with Crippen LogP contribution in [0.3, 0.4) is 0 Å². The predicted molar refractivity (Wildman–Crippen MR) is 73.5 cm³/mol. The molecule has 2 N–H and O–H groups in total. The lowest BCUT2D eigenvalue weighted by Gasteiger charge is -2.06. The van der Waals surface area contributed by atoms with E-state index in [0.29, 0.717) is 18.1 Å². The van der Waals surface area contributed by atoms with E-state index in [0.717, 1.165) is 10.7 Å². The van der Waals surface area contributed by atoms with Gasteiger partial charge in [-0.2, -0.15) is 0 Å². The van der Waals surface area contributed by atoms with Crippen LogP contribution in [0.5, 0.6) is 5.88 Å². The van der Waals surface area contributed by atoms with Gasteiger partial charge in [0.15, 0.2) is 0 Å². The number of amides is 2. The number of rotatable bonds is 4. The molecule has 0 aromatic carbocycles. The lowest BCUT2D eigenvalue weighted by atomic mass is 10.4. The van der Waals surface area contributed by atoms with Crippen molar-refractivity contribution in [1.82, 2.24) is 15.3 Å². The molecule has 0 saturated heterocycles. The van der Waals surface area contributed by atoms with Gasteiger partial charge in [-0.1, -0.05) is 0 Å². The third-order valence-corrected chi connectivity index (χ3v) is 3.24. The van der Waals surface area contributed by atoms with Crippen molar-refractivity contribution in [2.24, 2.45) is 0 Å². The maximum Gasteiger partial charge on any atom is 0.319 e. The minimum atomic E-state index is -0.292. The molecule has 2 heterocycles. The number of methoxy groups -OCH3 is 1. The molecule has 0 saturated carbocycles. The maximum atomic E-state index is 11.6. The Labute approximate surface area is 114 Å². The number of hydrogen-bond acceptors (Lipinski definition) is 5. The Morgan fingerprint density at radius 3 is 2.89 bits per heavy atom. The van der Waals surface area contributed by atoms with E-state index < -0.39 is 0 Å². The predicted octanol–water partition coefficient (Wildman–Crippen LogP) is 2.18. The number of carbonyl (C=O) groups is 1. The number of hydrogen-bond donors (Lipinski definition) is 2. The molecule has 2 aromatic rings. The van der Waals surface area contributed by atoms with Crippen LogP contribution in [0.15, 0.2) is 23.7 Å². The second kappa shape index (κ2) is 6.14. The van der Waals surface area contributed by atoms with E-state index in [1.807, 2.05) is 12.3 Å². The first-order chi connectivity index (χ1) is 9.17. The molecule has 0 atom stereocenters. The van der Waals surface area contributed by atoms with Crippen molar-refractivity contribution in [3.8, 4) is 5.88 Å². The summed E-state index contributed by atoms with van der Waals surface area (Å²) in [4.78, 5) is 19.9. The zero-order valence-electron chi connectivity index (χ0n) is 10.6. The van der Waals surface area contributed by atoms with E-state index in [4.69, 9.17) is 4.74 Å². The summed E-state index contributed by atoms with van der Waals surface area (Å²) in [5, 5.41) is 8.23. The van der Waals surface area contributed by atoms with E-state index in [2.05, 4.69) is 20.6 Å². The molecular formula is C12H14N4O2S. The third kappa shape index (κ3) is 3.92. The summed E-state index contributed by atoms with van der Waals surface area (Å²) in [6.45, 7) is 2.33. The highest BCUT2D eigenvalue weighted by atomic mass is 32.1. The Morgan fingerprint density at radius 2 is 2.32 bits per heavy atom. The zero-order valence-corrected chi connectivity index (χ0v) is 11.5.